The fraction of sp³-hybridized carbons (Fsp3) is 0.625. The molecule has 3 rings (SSSR count). The van der Waals surface area contributed by atoms with Crippen LogP contribution in [0.4, 0.5) is 0 Å². The van der Waals surface area contributed by atoms with Crippen molar-refractivity contribution in [1.29, 1.82) is 0 Å². The Kier molecular flexibility index (Phi) is 3.96. The molecular formula is C16H24N2. The maximum atomic E-state index is 3.70. The Morgan fingerprint density at radius 3 is 2.39 bits per heavy atom. The highest BCUT2D eigenvalue weighted by Gasteiger charge is 2.26. The molecule has 1 saturated heterocycles. The number of piperidine rings is 1. The maximum absolute atomic E-state index is 3.70. The van der Waals surface area contributed by atoms with Crippen molar-refractivity contribution >= 4 is 0 Å². The van der Waals surface area contributed by atoms with Crippen LogP contribution in [0.25, 0.3) is 0 Å². The summed E-state index contributed by atoms with van der Waals surface area (Å²) in [5.74, 6) is 1.04. The summed E-state index contributed by atoms with van der Waals surface area (Å²) in [7, 11) is 0. The first-order valence-corrected chi connectivity index (χ1v) is 7.40. The van der Waals surface area contributed by atoms with Crippen LogP contribution in [0, 0.1) is 5.92 Å². The van der Waals surface area contributed by atoms with Gasteiger partial charge in [-0.3, -0.25) is 0 Å². The fourth-order valence-electron chi connectivity index (χ4n) is 2.84. The molecule has 0 bridgehead atoms. The highest BCUT2D eigenvalue weighted by Crippen LogP contribution is 2.30. The molecule has 1 aromatic carbocycles. The Morgan fingerprint density at radius 2 is 1.72 bits per heavy atom. The van der Waals surface area contributed by atoms with Gasteiger partial charge in [0, 0.05) is 19.1 Å². The first kappa shape index (κ1) is 12.2. The maximum Gasteiger partial charge on any atom is 0.0208 e. The van der Waals surface area contributed by atoms with Crippen LogP contribution in [0.5, 0.6) is 0 Å². The van der Waals surface area contributed by atoms with Gasteiger partial charge in [0.05, 0.1) is 0 Å². The largest absolute Gasteiger partial charge is 0.310 e. The Morgan fingerprint density at radius 1 is 1.00 bits per heavy atom. The molecule has 1 aliphatic heterocycles. The molecule has 1 aromatic rings. The van der Waals surface area contributed by atoms with Crippen molar-refractivity contribution in [3.8, 4) is 0 Å². The third kappa shape index (κ3) is 3.56. The van der Waals surface area contributed by atoms with Crippen LogP contribution in [0.3, 0.4) is 0 Å². The van der Waals surface area contributed by atoms with E-state index in [1.807, 2.05) is 0 Å². The minimum absolute atomic E-state index is 0.723. The van der Waals surface area contributed by atoms with E-state index in [1.165, 1.54) is 50.9 Å². The van der Waals surface area contributed by atoms with Gasteiger partial charge < -0.3 is 10.2 Å². The summed E-state index contributed by atoms with van der Waals surface area (Å²) in [4.78, 5) is 2.67. The van der Waals surface area contributed by atoms with E-state index in [-0.39, 0.29) is 0 Å². The van der Waals surface area contributed by atoms with E-state index in [9.17, 15) is 0 Å². The Labute approximate surface area is 110 Å². The summed E-state index contributed by atoms with van der Waals surface area (Å²) in [6.07, 6.45) is 5.59. The molecule has 2 nitrogen and oxygen atoms in total. The van der Waals surface area contributed by atoms with E-state index in [2.05, 4.69) is 40.5 Å². The molecule has 0 amide bonds. The van der Waals surface area contributed by atoms with Gasteiger partial charge in [-0.1, -0.05) is 30.3 Å². The van der Waals surface area contributed by atoms with Crippen LogP contribution in [-0.4, -0.2) is 30.6 Å². The van der Waals surface area contributed by atoms with Gasteiger partial charge in [-0.05, 0) is 50.3 Å². The zero-order chi connectivity index (χ0) is 12.2. The topological polar surface area (TPSA) is 15.3 Å². The smallest absolute Gasteiger partial charge is 0.0208 e. The lowest BCUT2D eigenvalue weighted by Gasteiger charge is -2.32. The third-order valence-corrected chi connectivity index (χ3v) is 4.24. The SMILES string of the molecule is c1ccc(CNC2CCN(CC3CC3)CC2)cc1. The molecule has 0 radical (unpaired) electrons. The molecular weight excluding hydrogens is 220 g/mol. The van der Waals surface area contributed by atoms with Crippen molar-refractivity contribution in [3.05, 3.63) is 35.9 Å². The first-order chi connectivity index (χ1) is 8.90. The molecule has 1 saturated carbocycles. The summed E-state index contributed by atoms with van der Waals surface area (Å²) in [6, 6.07) is 11.5. The molecule has 1 N–H and O–H groups in total. The Balaban J connectivity index is 1.37. The molecule has 1 aliphatic carbocycles. The van der Waals surface area contributed by atoms with Crippen LogP contribution < -0.4 is 5.32 Å². The number of nitrogens with zero attached hydrogens (tertiary/aromatic N) is 1. The summed E-state index contributed by atoms with van der Waals surface area (Å²) in [5.41, 5.74) is 1.40. The number of likely N-dealkylation sites (tertiary alicyclic amines) is 1. The monoisotopic (exact) mass is 244 g/mol. The molecule has 0 aromatic heterocycles. The Bertz CT molecular complexity index is 351. The number of nitrogens with one attached hydrogen (secondary N) is 1. The van der Waals surface area contributed by atoms with Gasteiger partial charge in [0.2, 0.25) is 0 Å². The van der Waals surface area contributed by atoms with E-state index in [0.29, 0.717) is 0 Å². The van der Waals surface area contributed by atoms with Gasteiger partial charge in [0.1, 0.15) is 0 Å². The van der Waals surface area contributed by atoms with Crippen molar-refractivity contribution in [3.63, 3.8) is 0 Å². The molecule has 1 heterocycles. The van der Waals surface area contributed by atoms with Gasteiger partial charge in [-0.15, -0.1) is 0 Å². The van der Waals surface area contributed by atoms with Gasteiger partial charge in [0.25, 0.3) is 0 Å². The highest BCUT2D eigenvalue weighted by atomic mass is 15.1. The van der Waals surface area contributed by atoms with Crippen LogP contribution in [0.2, 0.25) is 0 Å². The summed E-state index contributed by atoms with van der Waals surface area (Å²) >= 11 is 0. The predicted octanol–water partition coefficient (Wildman–Crippen LogP) is 2.65. The number of benzene rings is 1. The number of hydrogen-bond acceptors (Lipinski definition) is 2. The minimum Gasteiger partial charge on any atom is -0.310 e. The van der Waals surface area contributed by atoms with E-state index in [0.717, 1.165) is 18.5 Å². The minimum atomic E-state index is 0.723. The van der Waals surface area contributed by atoms with Crippen molar-refractivity contribution in [2.75, 3.05) is 19.6 Å². The molecule has 2 fully saturated rings. The fourth-order valence-corrected chi connectivity index (χ4v) is 2.84. The van der Waals surface area contributed by atoms with Crippen molar-refractivity contribution in [2.45, 2.75) is 38.3 Å². The number of hydrogen-bond donors (Lipinski definition) is 1. The second kappa shape index (κ2) is 5.85. The van der Waals surface area contributed by atoms with Gasteiger partial charge in [-0.2, -0.15) is 0 Å². The Hall–Kier alpha value is -0.860. The standard InChI is InChI=1S/C16H24N2/c1-2-4-14(5-3-1)12-17-16-8-10-18(11-9-16)13-15-6-7-15/h1-5,15-17H,6-13H2. The van der Waals surface area contributed by atoms with Gasteiger partial charge in [0.15, 0.2) is 0 Å². The van der Waals surface area contributed by atoms with E-state index in [4.69, 9.17) is 0 Å². The lowest BCUT2D eigenvalue weighted by molar-refractivity contribution is 0.190. The molecule has 0 spiro atoms. The molecule has 98 valence electrons. The lowest BCUT2D eigenvalue weighted by atomic mass is 10.0. The second-order valence-electron chi connectivity index (χ2n) is 5.88. The van der Waals surface area contributed by atoms with E-state index in [1.54, 1.807) is 0 Å². The summed E-state index contributed by atoms with van der Waals surface area (Å²) in [6.45, 7) is 4.98. The van der Waals surface area contributed by atoms with Crippen molar-refractivity contribution in [2.24, 2.45) is 5.92 Å². The molecule has 0 atom stereocenters. The van der Waals surface area contributed by atoms with Crippen LogP contribution in [0.15, 0.2) is 30.3 Å². The molecule has 18 heavy (non-hydrogen) atoms. The zero-order valence-corrected chi connectivity index (χ0v) is 11.1. The first-order valence-electron chi connectivity index (χ1n) is 7.40. The lowest BCUT2D eigenvalue weighted by Crippen LogP contribution is -2.42. The van der Waals surface area contributed by atoms with Crippen molar-refractivity contribution < 1.29 is 0 Å². The van der Waals surface area contributed by atoms with Gasteiger partial charge in [-0.25, -0.2) is 0 Å². The van der Waals surface area contributed by atoms with Crippen LogP contribution >= 0.6 is 0 Å². The summed E-state index contributed by atoms with van der Waals surface area (Å²) < 4.78 is 0. The molecule has 0 unspecified atom stereocenters. The summed E-state index contributed by atoms with van der Waals surface area (Å²) in [5, 5.41) is 3.70. The quantitative estimate of drug-likeness (QED) is 0.856. The molecule has 2 heteroatoms. The van der Waals surface area contributed by atoms with E-state index >= 15 is 0 Å². The number of rotatable bonds is 5. The van der Waals surface area contributed by atoms with Gasteiger partial charge >= 0.3 is 0 Å². The van der Waals surface area contributed by atoms with Crippen molar-refractivity contribution in [1.82, 2.24) is 10.2 Å². The molecule has 2 aliphatic rings. The van der Waals surface area contributed by atoms with Crippen LogP contribution in [0.1, 0.15) is 31.2 Å². The van der Waals surface area contributed by atoms with E-state index < -0.39 is 0 Å². The zero-order valence-electron chi connectivity index (χ0n) is 11.1. The predicted molar refractivity (Wildman–Crippen MR) is 75.5 cm³/mol. The second-order valence-corrected chi connectivity index (χ2v) is 5.88. The van der Waals surface area contributed by atoms with Crippen LogP contribution in [-0.2, 0) is 6.54 Å². The average molecular weight is 244 g/mol. The highest BCUT2D eigenvalue weighted by molar-refractivity contribution is 5.14. The third-order valence-electron chi connectivity index (χ3n) is 4.24. The average Bonchev–Trinajstić information content (AvgIpc) is 3.23. The normalized spacial score (nSPS) is 22.2.